The Morgan fingerprint density at radius 2 is 1.86 bits per heavy atom. The van der Waals surface area contributed by atoms with Crippen LogP contribution in [0.1, 0.15) is 50.6 Å². The molecule has 110 valence electrons. The summed E-state index contributed by atoms with van der Waals surface area (Å²) in [5.41, 5.74) is 2.15. The fraction of sp³-hybridized carbons (Fsp3) is 0.412. The van der Waals surface area contributed by atoms with E-state index in [2.05, 4.69) is 47.9 Å². The van der Waals surface area contributed by atoms with Gasteiger partial charge in [-0.25, -0.2) is 0 Å². The van der Waals surface area contributed by atoms with Crippen molar-refractivity contribution in [2.24, 2.45) is 0 Å². The van der Waals surface area contributed by atoms with E-state index >= 15 is 0 Å². The molecule has 0 unspecified atom stereocenters. The average molecular weight is 283 g/mol. The predicted octanol–water partition coefficient (Wildman–Crippen LogP) is 3.69. The Balaban J connectivity index is 1.91. The van der Waals surface area contributed by atoms with Crippen molar-refractivity contribution in [3.63, 3.8) is 0 Å². The highest BCUT2D eigenvalue weighted by Gasteiger charge is 2.41. The van der Waals surface area contributed by atoms with E-state index in [9.17, 15) is 0 Å². The number of hydrogen-bond donors (Lipinski definition) is 0. The van der Waals surface area contributed by atoms with Gasteiger partial charge in [-0.2, -0.15) is 5.06 Å². The highest BCUT2D eigenvalue weighted by atomic mass is 16.7. The molecule has 1 fully saturated rings. The molecule has 0 saturated carbocycles. The summed E-state index contributed by atoms with van der Waals surface area (Å²) in [5.74, 6) is 0. The van der Waals surface area contributed by atoms with Gasteiger partial charge in [0, 0.05) is 30.6 Å². The van der Waals surface area contributed by atoms with Gasteiger partial charge in [-0.1, -0.05) is 6.07 Å². The third kappa shape index (κ3) is 2.96. The van der Waals surface area contributed by atoms with Gasteiger partial charge in [0.15, 0.2) is 0 Å². The van der Waals surface area contributed by atoms with Gasteiger partial charge in [0.05, 0.1) is 11.7 Å². The summed E-state index contributed by atoms with van der Waals surface area (Å²) in [6, 6.07) is 10.3. The van der Waals surface area contributed by atoms with Crippen LogP contribution in [0.3, 0.4) is 0 Å². The normalized spacial score (nSPS) is 23.4. The molecule has 0 spiro atoms. The second-order valence-corrected chi connectivity index (χ2v) is 6.38. The summed E-state index contributed by atoms with van der Waals surface area (Å²) in [6.45, 7) is 6.51. The minimum atomic E-state index is -0.0720. The SMILES string of the molecule is CC(C)(C)N1O[C@@H](c2ccccn2)C[C@H]1c1ccncc1. The van der Waals surface area contributed by atoms with Crippen LogP contribution in [-0.2, 0) is 4.84 Å². The molecule has 0 bridgehead atoms. The van der Waals surface area contributed by atoms with Crippen LogP contribution in [0.4, 0.5) is 0 Å². The fourth-order valence-corrected chi connectivity index (χ4v) is 2.78. The molecule has 2 aromatic heterocycles. The lowest BCUT2D eigenvalue weighted by atomic mass is 9.98. The summed E-state index contributed by atoms with van der Waals surface area (Å²) in [5, 5.41) is 2.10. The van der Waals surface area contributed by atoms with Crippen LogP contribution in [0.2, 0.25) is 0 Å². The fourth-order valence-electron chi connectivity index (χ4n) is 2.78. The van der Waals surface area contributed by atoms with Crippen molar-refractivity contribution >= 4 is 0 Å². The molecule has 0 amide bonds. The average Bonchev–Trinajstić information content (AvgIpc) is 2.94. The second-order valence-electron chi connectivity index (χ2n) is 6.38. The highest BCUT2D eigenvalue weighted by molar-refractivity contribution is 5.19. The molecular formula is C17H21N3O. The quantitative estimate of drug-likeness (QED) is 0.842. The third-order valence-corrected chi connectivity index (χ3v) is 3.73. The predicted molar refractivity (Wildman–Crippen MR) is 81.3 cm³/mol. The first-order valence-corrected chi connectivity index (χ1v) is 7.32. The molecule has 21 heavy (non-hydrogen) atoms. The van der Waals surface area contributed by atoms with Crippen LogP contribution in [0.15, 0.2) is 48.9 Å². The van der Waals surface area contributed by atoms with Crippen LogP contribution in [0.25, 0.3) is 0 Å². The first-order valence-electron chi connectivity index (χ1n) is 7.32. The summed E-state index contributed by atoms with van der Waals surface area (Å²) < 4.78 is 0. The number of rotatable bonds is 2. The topological polar surface area (TPSA) is 38.2 Å². The molecule has 0 aromatic carbocycles. The number of nitrogens with zero attached hydrogens (tertiary/aromatic N) is 3. The maximum Gasteiger partial charge on any atom is 0.123 e. The molecule has 1 saturated heterocycles. The Hall–Kier alpha value is -1.78. The van der Waals surface area contributed by atoms with E-state index in [1.165, 1.54) is 5.56 Å². The lowest BCUT2D eigenvalue weighted by Crippen LogP contribution is -2.39. The van der Waals surface area contributed by atoms with Gasteiger partial charge >= 0.3 is 0 Å². The third-order valence-electron chi connectivity index (χ3n) is 3.73. The van der Waals surface area contributed by atoms with Gasteiger partial charge in [-0.3, -0.25) is 14.8 Å². The molecule has 1 aliphatic heterocycles. The lowest BCUT2D eigenvalue weighted by Gasteiger charge is -2.35. The molecule has 3 heterocycles. The highest BCUT2D eigenvalue weighted by Crippen LogP contribution is 2.44. The Bertz CT molecular complexity index is 580. The largest absolute Gasteiger partial charge is 0.288 e. The van der Waals surface area contributed by atoms with Crippen LogP contribution in [-0.4, -0.2) is 20.6 Å². The zero-order valence-corrected chi connectivity index (χ0v) is 12.7. The first-order chi connectivity index (χ1) is 10.1. The Morgan fingerprint density at radius 1 is 1.10 bits per heavy atom. The summed E-state index contributed by atoms with van der Waals surface area (Å²) in [6.07, 6.45) is 6.40. The molecule has 3 rings (SSSR count). The van der Waals surface area contributed by atoms with Crippen molar-refractivity contribution in [2.45, 2.75) is 44.9 Å². The van der Waals surface area contributed by atoms with Crippen LogP contribution in [0.5, 0.6) is 0 Å². The van der Waals surface area contributed by atoms with E-state index in [0.717, 1.165) is 12.1 Å². The van der Waals surface area contributed by atoms with E-state index in [-0.39, 0.29) is 17.7 Å². The second kappa shape index (κ2) is 5.54. The molecule has 4 nitrogen and oxygen atoms in total. The molecule has 1 aliphatic rings. The summed E-state index contributed by atoms with van der Waals surface area (Å²) in [4.78, 5) is 14.8. The lowest BCUT2D eigenvalue weighted by molar-refractivity contribution is -0.215. The molecule has 2 atom stereocenters. The minimum absolute atomic E-state index is 0.00332. The van der Waals surface area contributed by atoms with Crippen LogP contribution < -0.4 is 0 Å². The van der Waals surface area contributed by atoms with E-state index in [1.54, 1.807) is 0 Å². The van der Waals surface area contributed by atoms with Crippen molar-refractivity contribution in [3.8, 4) is 0 Å². The van der Waals surface area contributed by atoms with Crippen LogP contribution in [0, 0.1) is 0 Å². The van der Waals surface area contributed by atoms with Gasteiger partial charge in [-0.15, -0.1) is 0 Å². The van der Waals surface area contributed by atoms with Gasteiger partial charge in [-0.05, 0) is 50.6 Å². The number of pyridine rings is 2. The Labute approximate surface area is 125 Å². The number of hydrogen-bond acceptors (Lipinski definition) is 4. The Morgan fingerprint density at radius 3 is 2.48 bits per heavy atom. The molecule has 2 aromatic rings. The molecule has 0 aliphatic carbocycles. The first kappa shape index (κ1) is 14.2. The van der Waals surface area contributed by atoms with Crippen molar-refractivity contribution in [2.75, 3.05) is 0 Å². The summed E-state index contributed by atoms with van der Waals surface area (Å²) in [7, 11) is 0. The van der Waals surface area contributed by atoms with Gasteiger partial charge < -0.3 is 0 Å². The van der Waals surface area contributed by atoms with Crippen molar-refractivity contribution in [3.05, 3.63) is 60.2 Å². The maximum atomic E-state index is 6.23. The monoisotopic (exact) mass is 283 g/mol. The maximum absolute atomic E-state index is 6.23. The van der Waals surface area contributed by atoms with Gasteiger partial charge in [0.1, 0.15) is 6.10 Å². The van der Waals surface area contributed by atoms with Gasteiger partial charge in [0.2, 0.25) is 0 Å². The standard InChI is InChI=1S/C17H21N3O/c1-17(2,3)20-15(13-7-10-18-11-8-13)12-16(21-20)14-6-4-5-9-19-14/h4-11,15-16H,12H2,1-3H3/t15-,16+/m0/s1. The van der Waals surface area contributed by atoms with E-state index in [4.69, 9.17) is 4.84 Å². The number of aromatic nitrogens is 2. The molecule has 0 N–H and O–H groups in total. The smallest absolute Gasteiger partial charge is 0.123 e. The van der Waals surface area contributed by atoms with Crippen LogP contribution >= 0.6 is 0 Å². The minimum Gasteiger partial charge on any atom is -0.288 e. The van der Waals surface area contributed by atoms with E-state index in [1.807, 2.05) is 36.8 Å². The number of hydroxylamine groups is 2. The van der Waals surface area contributed by atoms with E-state index < -0.39 is 0 Å². The molecule has 0 radical (unpaired) electrons. The Kier molecular flexibility index (Phi) is 3.74. The zero-order valence-electron chi connectivity index (χ0n) is 12.7. The zero-order chi connectivity index (χ0) is 14.9. The molecule has 4 heteroatoms. The van der Waals surface area contributed by atoms with Gasteiger partial charge in [0.25, 0.3) is 0 Å². The van der Waals surface area contributed by atoms with Crippen molar-refractivity contribution < 1.29 is 4.84 Å². The van der Waals surface area contributed by atoms with Crippen molar-refractivity contribution in [1.82, 2.24) is 15.0 Å². The van der Waals surface area contributed by atoms with Crippen molar-refractivity contribution in [1.29, 1.82) is 0 Å². The molecular weight excluding hydrogens is 262 g/mol. The van der Waals surface area contributed by atoms with E-state index in [0.29, 0.717) is 0 Å². The summed E-state index contributed by atoms with van der Waals surface area (Å²) >= 11 is 0.